The van der Waals surface area contributed by atoms with Gasteiger partial charge < -0.3 is 5.32 Å². The summed E-state index contributed by atoms with van der Waals surface area (Å²) >= 11 is 6.01. The van der Waals surface area contributed by atoms with Crippen LogP contribution in [0.2, 0.25) is 5.02 Å². The van der Waals surface area contributed by atoms with Crippen LogP contribution >= 0.6 is 11.6 Å². The topological polar surface area (TPSA) is 46.9 Å². The molecule has 4 rings (SSSR count). The maximum atomic E-state index is 12.3. The maximum absolute atomic E-state index is 12.3. The van der Waals surface area contributed by atoms with Gasteiger partial charge in [-0.3, -0.25) is 9.48 Å². The van der Waals surface area contributed by atoms with E-state index < -0.39 is 0 Å². The number of carbonyl (C=O) groups excluding carboxylic acids is 1. The van der Waals surface area contributed by atoms with Crippen molar-refractivity contribution >= 4 is 23.3 Å². The molecule has 2 fully saturated rings. The van der Waals surface area contributed by atoms with Crippen molar-refractivity contribution in [1.29, 1.82) is 0 Å². The molecule has 24 heavy (non-hydrogen) atoms. The van der Waals surface area contributed by atoms with Gasteiger partial charge in [0.2, 0.25) is 5.91 Å². The minimum atomic E-state index is 0.0977. The second-order valence-corrected chi connectivity index (χ2v) is 7.65. The van der Waals surface area contributed by atoms with Crippen molar-refractivity contribution in [3.05, 3.63) is 47.1 Å². The monoisotopic (exact) mass is 343 g/mol. The van der Waals surface area contributed by atoms with Crippen LogP contribution in [0.1, 0.15) is 37.7 Å². The summed E-state index contributed by atoms with van der Waals surface area (Å²) in [4.78, 5) is 12.3. The molecule has 2 bridgehead atoms. The molecule has 1 N–H and O–H groups in total. The van der Waals surface area contributed by atoms with Crippen LogP contribution in [0.3, 0.4) is 0 Å². The molecule has 3 atom stereocenters. The van der Waals surface area contributed by atoms with Gasteiger partial charge in [-0.15, -0.1) is 0 Å². The van der Waals surface area contributed by atoms with E-state index in [9.17, 15) is 4.79 Å². The van der Waals surface area contributed by atoms with Gasteiger partial charge in [-0.2, -0.15) is 5.10 Å². The average molecular weight is 344 g/mol. The Morgan fingerprint density at radius 1 is 1.29 bits per heavy atom. The summed E-state index contributed by atoms with van der Waals surface area (Å²) < 4.78 is 1.82. The normalized spacial score (nSPS) is 25.1. The number of amides is 1. The number of aromatic nitrogens is 2. The standard InChI is InChI=1S/C19H22ClN3O/c20-17-3-1-2-14(10-17)12-23-7-6-18(22-23)21-19(24)11-16-9-13-4-5-15(16)8-13/h1-3,6-7,10,13,15-16H,4-5,8-9,11-12H2,(H,21,22,24). The Balaban J connectivity index is 1.32. The van der Waals surface area contributed by atoms with Crippen molar-refractivity contribution in [3.63, 3.8) is 0 Å². The number of hydrogen-bond acceptors (Lipinski definition) is 2. The first-order chi connectivity index (χ1) is 11.7. The number of carbonyl (C=O) groups is 1. The molecule has 2 aromatic rings. The zero-order valence-electron chi connectivity index (χ0n) is 13.6. The minimum Gasteiger partial charge on any atom is -0.309 e. The molecule has 1 aromatic heterocycles. The molecule has 126 valence electrons. The molecule has 0 aliphatic heterocycles. The van der Waals surface area contributed by atoms with Gasteiger partial charge in [-0.05, 0) is 54.7 Å². The Hall–Kier alpha value is -1.81. The van der Waals surface area contributed by atoms with Crippen LogP contribution in [0.25, 0.3) is 0 Å². The molecular weight excluding hydrogens is 322 g/mol. The lowest BCUT2D eigenvalue weighted by molar-refractivity contribution is -0.117. The molecule has 5 heteroatoms. The highest BCUT2D eigenvalue weighted by Crippen LogP contribution is 2.49. The first-order valence-electron chi connectivity index (χ1n) is 8.73. The Labute approximate surface area is 147 Å². The van der Waals surface area contributed by atoms with Gasteiger partial charge in [0, 0.05) is 23.7 Å². The van der Waals surface area contributed by atoms with Gasteiger partial charge in [-0.1, -0.05) is 30.2 Å². The van der Waals surface area contributed by atoms with E-state index in [4.69, 9.17) is 11.6 Å². The quantitative estimate of drug-likeness (QED) is 0.877. The zero-order valence-corrected chi connectivity index (χ0v) is 14.4. The van der Waals surface area contributed by atoms with Crippen LogP contribution in [0.5, 0.6) is 0 Å². The lowest BCUT2D eigenvalue weighted by atomic mass is 9.86. The Morgan fingerprint density at radius 2 is 2.21 bits per heavy atom. The molecule has 1 amide bonds. The predicted octanol–water partition coefficient (Wildman–Crippen LogP) is 4.35. The molecule has 0 saturated heterocycles. The van der Waals surface area contributed by atoms with E-state index in [2.05, 4.69) is 10.4 Å². The average Bonchev–Trinajstić information content (AvgIpc) is 3.24. The fourth-order valence-electron chi connectivity index (χ4n) is 4.40. The minimum absolute atomic E-state index is 0.0977. The van der Waals surface area contributed by atoms with E-state index in [1.54, 1.807) is 0 Å². The summed E-state index contributed by atoms with van der Waals surface area (Å²) in [6.45, 7) is 0.642. The first-order valence-corrected chi connectivity index (χ1v) is 9.11. The summed E-state index contributed by atoms with van der Waals surface area (Å²) in [7, 11) is 0. The van der Waals surface area contributed by atoms with E-state index >= 15 is 0 Å². The largest absolute Gasteiger partial charge is 0.309 e. The molecule has 0 spiro atoms. The van der Waals surface area contributed by atoms with Crippen molar-refractivity contribution < 1.29 is 4.79 Å². The first kappa shape index (κ1) is 15.7. The molecule has 1 heterocycles. The lowest BCUT2D eigenvalue weighted by Crippen LogP contribution is -2.20. The van der Waals surface area contributed by atoms with Gasteiger partial charge in [0.15, 0.2) is 5.82 Å². The highest BCUT2D eigenvalue weighted by molar-refractivity contribution is 6.30. The number of fused-ring (bicyclic) bond motifs is 2. The summed E-state index contributed by atoms with van der Waals surface area (Å²) in [5, 5.41) is 8.11. The van der Waals surface area contributed by atoms with Gasteiger partial charge in [0.1, 0.15) is 0 Å². The molecule has 4 nitrogen and oxygen atoms in total. The van der Waals surface area contributed by atoms with E-state index in [1.165, 1.54) is 25.7 Å². The molecule has 0 radical (unpaired) electrons. The second kappa shape index (κ2) is 6.60. The SMILES string of the molecule is O=C(CC1CC2CCC1C2)Nc1ccn(Cc2cccc(Cl)c2)n1. The summed E-state index contributed by atoms with van der Waals surface area (Å²) in [5.74, 6) is 2.97. The molecule has 2 aliphatic carbocycles. The van der Waals surface area contributed by atoms with Crippen LogP contribution in [0, 0.1) is 17.8 Å². The molecule has 2 aliphatic rings. The Kier molecular flexibility index (Phi) is 4.31. The van der Waals surface area contributed by atoms with Crippen molar-refractivity contribution in [2.75, 3.05) is 5.32 Å². The fourth-order valence-corrected chi connectivity index (χ4v) is 4.61. The Morgan fingerprint density at radius 3 is 2.96 bits per heavy atom. The maximum Gasteiger partial charge on any atom is 0.225 e. The van der Waals surface area contributed by atoms with Crippen LogP contribution in [-0.2, 0) is 11.3 Å². The van der Waals surface area contributed by atoms with E-state index in [1.807, 2.05) is 41.2 Å². The molecular formula is C19H22ClN3O. The van der Waals surface area contributed by atoms with Crippen molar-refractivity contribution in [2.45, 2.75) is 38.6 Å². The van der Waals surface area contributed by atoms with Gasteiger partial charge >= 0.3 is 0 Å². The third-order valence-corrected chi connectivity index (χ3v) is 5.71. The number of halogens is 1. The van der Waals surface area contributed by atoms with E-state index in [0.717, 1.165) is 22.4 Å². The molecule has 3 unspecified atom stereocenters. The van der Waals surface area contributed by atoms with Crippen LogP contribution in [-0.4, -0.2) is 15.7 Å². The summed E-state index contributed by atoms with van der Waals surface area (Å²) in [5.41, 5.74) is 1.09. The van der Waals surface area contributed by atoms with Crippen molar-refractivity contribution in [2.24, 2.45) is 17.8 Å². The van der Waals surface area contributed by atoms with E-state index in [-0.39, 0.29) is 5.91 Å². The second-order valence-electron chi connectivity index (χ2n) is 7.22. The zero-order chi connectivity index (χ0) is 16.5. The molecule has 1 aromatic carbocycles. The predicted molar refractivity (Wildman–Crippen MR) is 95.0 cm³/mol. The van der Waals surface area contributed by atoms with Crippen molar-refractivity contribution in [1.82, 2.24) is 9.78 Å². The highest BCUT2D eigenvalue weighted by atomic mass is 35.5. The molecule has 2 saturated carbocycles. The van der Waals surface area contributed by atoms with Crippen LogP contribution in [0.15, 0.2) is 36.5 Å². The number of nitrogens with one attached hydrogen (secondary N) is 1. The number of hydrogen-bond donors (Lipinski definition) is 1. The number of nitrogens with zero attached hydrogens (tertiary/aromatic N) is 2. The smallest absolute Gasteiger partial charge is 0.225 e. The number of rotatable bonds is 5. The Bertz CT molecular complexity index is 742. The lowest BCUT2D eigenvalue weighted by Gasteiger charge is -2.20. The fraction of sp³-hybridized carbons (Fsp3) is 0.474. The van der Waals surface area contributed by atoms with Crippen LogP contribution in [0.4, 0.5) is 5.82 Å². The summed E-state index contributed by atoms with van der Waals surface area (Å²) in [6.07, 6.45) is 7.79. The summed E-state index contributed by atoms with van der Waals surface area (Å²) in [6, 6.07) is 9.58. The van der Waals surface area contributed by atoms with Gasteiger partial charge in [-0.25, -0.2) is 0 Å². The number of benzene rings is 1. The number of anilines is 1. The van der Waals surface area contributed by atoms with Gasteiger partial charge in [0.05, 0.1) is 6.54 Å². The third kappa shape index (κ3) is 3.48. The van der Waals surface area contributed by atoms with E-state index in [0.29, 0.717) is 24.7 Å². The van der Waals surface area contributed by atoms with Gasteiger partial charge in [0.25, 0.3) is 0 Å². The van der Waals surface area contributed by atoms with Crippen molar-refractivity contribution in [3.8, 4) is 0 Å². The van der Waals surface area contributed by atoms with Crippen LogP contribution < -0.4 is 5.32 Å². The highest BCUT2D eigenvalue weighted by Gasteiger charge is 2.40. The third-order valence-electron chi connectivity index (χ3n) is 5.47.